The van der Waals surface area contributed by atoms with E-state index < -0.39 is 29.4 Å². The number of phenols is 1. The van der Waals surface area contributed by atoms with Gasteiger partial charge in [0.25, 0.3) is 5.91 Å². The van der Waals surface area contributed by atoms with Crippen molar-refractivity contribution in [3.63, 3.8) is 0 Å². The number of benzene rings is 3. The number of terminal acetylenes is 1. The molecule has 0 spiro atoms. The predicted octanol–water partition coefficient (Wildman–Crippen LogP) is 6.83. The lowest BCUT2D eigenvalue weighted by Gasteiger charge is -2.38. The van der Waals surface area contributed by atoms with E-state index >= 15 is 13.2 Å². The van der Waals surface area contributed by atoms with Crippen molar-refractivity contribution in [2.45, 2.75) is 95.3 Å². The number of imide groups is 1. The molecule has 8 heterocycles. The van der Waals surface area contributed by atoms with Gasteiger partial charge in [-0.2, -0.15) is 9.97 Å². The van der Waals surface area contributed by atoms with Crippen molar-refractivity contribution < 1.29 is 37.4 Å². The molecule has 3 atom stereocenters. The lowest BCUT2D eigenvalue weighted by molar-refractivity contribution is -0.136. The molecule has 1 saturated carbocycles. The van der Waals surface area contributed by atoms with Crippen LogP contribution in [0.1, 0.15) is 92.1 Å². The third-order valence-electron chi connectivity index (χ3n) is 16.6. The van der Waals surface area contributed by atoms with Crippen LogP contribution in [0.25, 0.3) is 32.9 Å². The maximum atomic E-state index is 17.1. The van der Waals surface area contributed by atoms with Crippen LogP contribution >= 0.6 is 0 Å². The van der Waals surface area contributed by atoms with Crippen molar-refractivity contribution in [2.24, 2.45) is 17.3 Å². The van der Waals surface area contributed by atoms with E-state index in [2.05, 4.69) is 36.2 Å². The molecule has 3 unspecified atom stereocenters. The molecule has 3 N–H and O–H groups in total. The molecule has 17 heteroatoms. The fraction of sp³-hybridized carbons (Fsp3) is 0.481. The van der Waals surface area contributed by atoms with E-state index in [0.29, 0.717) is 59.4 Å². The van der Waals surface area contributed by atoms with Crippen LogP contribution in [-0.4, -0.2) is 118 Å². The van der Waals surface area contributed by atoms with Gasteiger partial charge in [-0.05, 0) is 125 Å². The molecule has 368 valence electrons. The second-order valence-corrected chi connectivity index (χ2v) is 21.2. The number of phenolic OH excluding ortho intramolecular Hbond substituents is 1. The molecule has 2 bridgehead atoms. The van der Waals surface area contributed by atoms with Crippen LogP contribution < -0.4 is 25.2 Å². The van der Waals surface area contributed by atoms with Gasteiger partial charge in [0.1, 0.15) is 34.6 Å². The van der Waals surface area contributed by atoms with Gasteiger partial charge in [0.15, 0.2) is 11.6 Å². The number of aromatic hydroxyl groups is 1. The van der Waals surface area contributed by atoms with Crippen LogP contribution in [0.2, 0.25) is 0 Å². The molecule has 1 aliphatic carbocycles. The summed E-state index contributed by atoms with van der Waals surface area (Å²) in [4.78, 5) is 59.9. The fourth-order valence-electron chi connectivity index (χ4n) is 12.6. The number of rotatable bonds is 11. The molecule has 0 radical (unpaired) electrons. The van der Waals surface area contributed by atoms with E-state index in [1.807, 2.05) is 0 Å². The zero-order valence-electron chi connectivity index (χ0n) is 39.5. The number of carbonyl (C=O) groups excluding carboxylic acids is 3. The highest BCUT2D eigenvalue weighted by molar-refractivity contribution is 6.06. The zero-order valence-corrected chi connectivity index (χ0v) is 39.5. The summed E-state index contributed by atoms with van der Waals surface area (Å²) in [6.45, 7) is 6.16. The number of likely N-dealkylation sites (tertiary alicyclic amines) is 1. The number of hydrogen-bond acceptors (Lipinski definition) is 12. The Balaban J connectivity index is 0.687. The number of piperazine rings is 1. The SMILES string of the molecule is C#Cc1c(F)ccc2cc(O)cc(-c3ncc4c(N5CC6CCC(C5)N6)nc(OCC5(CN6CCC(CC7CCN(c8ccc9c(c8F)CN(C8CCC(=O)NC8=O)C9=O)CC7)CC6)CC5)nc4c3F)c12. The molecule has 6 fully saturated rings. The Labute approximate surface area is 409 Å². The topological polar surface area (TPSA) is 156 Å². The Morgan fingerprint density at radius 3 is 2.32 bits per heavy atom. The first kappa shape index (κ1) is 45.6. The largest absolute Gasteiger partial charge is 0.508 e. The Morgan fingerprint density at radius 1 is 0.859 bits per heavy atom. The zero-order chi connectivity index (χ0) is 48.7. The monoisotopic (exact) mass is 967 g/mol. The quantitative estimate of drug-likeness (QED) is 0.0939. The minimum Gasteiger partial charge on any atom is -0.508 e. The summed E-state index contributed by atoms with van der Waals surface area (Å²) < 4.78 is 54.8. The summed E-state index contributed by atoms with van der Waals surface area (Å²) in [5.74, 6) is 0.986. The number of hydrogen-bond donors (Lipinski definition) is 3. The summed E-state index contributed by atoms with van der Waals surface area (Å²) in [6.07, 6.45) is 17.1. The fourth-order valence-corrected chi connectivity index (χ4v) is 12.6. The molecular formula is C54H56F3N9O5. The van der Waals surface area contributed by atoms with Crippen molar-refractivity contribution >= 4 is 50.9 Å². The van der Waals surface area contributed by atoms with Gasteiger partial charge >= 0.3 is 6.01 Å². The van der Waals surface area contributed by atoms with Gasteiger partial charge in [-0.15, -0.1) is 6.42 Å². The van der Waals surface area contributed by atoms with Crippen LogP contribution in [0.4, 0.5) is 24.7 Å². The van der Waals surface area contributed by atoms with Crippen LogP contribution in [0.3, 0.4) is 0 Å². The normalized spacial score (nSPS) is 23.7. The van der Waals surface area contributed by atoms with Gasteiger partial charge < -0.3 is 34.8 Å². The van der Waals surface area contributed by atoms with Gasteiger partial charge in [-0.25, -0.2) is 13.2 Å². The lowest BCUT2D eigenvalue weighted by atomic mass is 9.82. The number of aromatic nitrogens is 3. The van der Waals surface area contributed by atoms with E-state index in [0.717, 1.165) is 90.5 Å². The molecule has 5 aromatic rings. The van der Waals surface area contributed by atoms with E-state index in [1.165, 1.54) is 29.2 Å². The van der Waals surface area contributed by atoms with Crippen molar-refractivity contribution in [2.75, 3.05) is 62.2 Å². The molecule has 5 saturated heterocycles. The first-order valence-corrected chi connectivity index (χ1v) is 25.3. The molecule has 71 heavy (non-hydrogen) atoms. The summed E-state index contributed by atoms with van der Waals surface area (Å²) in [7, 11) is 0. The highest BCUT2D eigenvalue weighted by Crippen LogP contribution is 2.48. The lowest BCUT2D eigenvalue weighted by Crippen LogP contribution is -2.52. The summed E-state index contributed by atoms with van der Waals surface area (Å²) in [5.41, 5.74) is 1.08. The molecule has 2 aromatic heterocycles. The first-order chi connectivity index (χ1) is 34.4. The number of carbonyl (C=O) groups is 3. The van der Waals surface area contributed by atoms with E-state index in [9.17, 15) is 19.5 Å². The summed E-state index contributed by atoms with van der Waals surface area (Å²) >= 11 is 0. The maximum Gasteiger partial charge on any atom is 0.319 e. The Hall–Kier alpha value is -6.51. The molecule has 3 amide bonds. The number of ether oxygens (including phenoxy) is 1. The number of amides is 3. The van der Waals surface area contributed by atoms with Crippen molar-refractivity contribution in [1.82, 2.24) is 35.4 Å². The minimum atomic E-state index is -0.783. The minimum absolute atomic E-state index is 0.0174. The number of pyridine rings is 1. The summed E-state index contributed by atoms with van der Waals surface area (Å²) in [6, 6.07) is 8.80. The number of piperidine rings is 3. The standard InChI is InChI=1S/C54H56F3N9O5/c1-2-36-41(55)7-3-32-22-35(67)23-38(45(32)36)48-47(57)49-39(24-58-48)50(65-25-33-4-5-34(26-65)59-33)62-53(61-49)71-29-54(15-16-54)28-63-17-11-30(12-18-63)21-31-13-19-64(20-14-31)42-8-6-37-40(46(42)56)27-66(52(37)70)43-9-10-44(68)60-51(43)69/h1,3,6-8,22-24,30-31,33-34,43,59,67H,4-5,9-21,25-29H2,(H,60,68,69). The number of nitrogens with one attached hydrogen (secondary N) is 2. The predicted molar refractivity (Wildman–Crippen MR) is 260 cm³/mol. The number of halogens is 3. The third-order valence-corrected chi connectivity index (χ3v) is 16.6. The molecule has 6 aliphatic heterocycles. The van der Waals surface area contributed by atoms with Crippen molar-refractivity contribution in [3.8, 4) is 35.4 Å². The van der Waals surface area contributed by atoms with Crippen LogP contribution in [-0.2, 0) is 16.1 Å². The molecule has 14 nitrogen and oxygen atoms in total. The van der Waals surface area contributed by atoms with Gasteiger partial charge in [0, 0.05) is 84.9 Å². The molecule has 12 rings (SSSR count). The number of nitrogens with zero attached hydrogens (tertiary/aromatic N) is 7. The first-order valence-electron chi connectivity index (χ1n) is 25.3. The maximum absolute atomic E-state index is 17.1. The smallest absolute Gasteiger partial charge is 0.319 e. The van der Waals surface area contributed by atoms with Gasteiger partial charge in [-0.3, -0.25) is 24.7 Å². The van der Waals surface area contributed by atoms with E-state index in [-0.39, 0.29) is 93.7 Å². The Morgan fingerprint density at radius 2 is 1.61 bits per heavy atom. The van der Waals surface area contributed by atoms with Gasteiger partial charge in [0.2, 0.25) is 11.8 Å². The van der Waals surface area contributed by atoms with E-state index in [1.54, 1.807) is 18.3 Å². The Bertz CT molecular complexity index is 3040. The van der Waals surface area contributed by atoms with Crippen LogP contribution in [0.15, 0.2) is 42.6 Å². The van der Waals surface area contributed by atoms with Gasteiger partial charge in [0.05, 0.1) is 29.8 Å². The second kappa shape index (κ2) is 18.0. The van der Waals surface area contributed by atoms with Crippen LogP contribution in [0.5, 0.6) is 11.8 Å². The molecule has 7 aliphatic rings. The van der Waals surface area contributed by atoms with E-state index in [4.69, 9.17) is 21.1 Å². The van der Waals surface area contributed by atoms with Gasteiger partial charge in [-0.1, -0.05) is 12.0 Å². The third kappa shape index (κ3) is 8.46. The van der Waals surface area contributed by atoms with Crippen molar-refractivity contribution in [1.29, 1.82) is 0 Å². The molecule has 3 aromatic carbocycles. The second-order valence-electron chi connectivity index (χ2n) is 21.2. The Kier molecular flexibility index (Phi) is 11.5. The average Bonchev–Trinajstić information content (AvgIpc) is 3.94. The van der Waals surface area contributed by atoms with Crippen molar-refractivity contribution in [3.05, 3.63) is 76.7 Å². The molecular weight excluding hydrogens is 912 g/mol. The highest BCUT2D eigenvalue weighted by Gasteiger charge is 2.46. The highest BCUT2D eigenvalue weighted by atomic mass is 19.1. The number of anilines is 2. The average molecular weight is 968 g/mol. The van der Waals surface area contributed by atoms with Crippen LogP contribution in [0, 0.1) is 47.0 Å². The summed E-state index contributed by atoms with van der Waals surface area (Å²) in [5, 5.41) is 17.8. The number of fused-ring (bicyclic) bond motifs is 5.